The molecule has 0 aliphatic carbocycles. The number of nitrogens with one attached hydrogen (secondary N) is 1. The highest BCUT2D eigenvalue weighted by Gasteiger charge is 2.25. The number of hydrogen-bond acceptors (Lipinski definition) is 6. The first kappa shape index (κ1) is 18.2. The fourth-order valence-electron chi connectivity index (χ4n) is 2.49. The molecule has 1 heterocycles. The maximum atomic E-state index is 12.3. The van der Waals surface area contributed by atoms with Crippen molar-refractivity contribution in [1.29, 1.82) is 0 Å². The Kier molecular flexibility index (Phi) is 5.58. The van der Waals surface area contributed by atoms with Crippen LogP contribution in [-0.4, -0.2) is 47.2 Å². The fraction of sp³-hybridized carbons (Fsp3) is 0.375. The molecule has 9 heteroatoms. The predicted molar refractivity (Wildman–Crippen MR) is 87.8 cm³/mol. The van der Waals surface area contributed by atoms with E-state index in [1.165, 1.54) is 16.2 Å². The third kappa shape index (κ3) is 3.87. The Labute approximate surface area is 143 Å². The number of fused-ring (bicyclic) bond motifs is 1. The van der Waals surface area contributed by atoms with E-state index >= 15 is 0 Å². The van der Waals surface area contributed by atoms with Gasteiger partial charge in [-0.1, -0.05) is 12.1 Å². The zero-order valence-corrected chi connectivity index (χ0v) is 14.1. The van der Waals surface area contributed by atoms with Crippen LogP contribution in [0.5, 0.6) is 0 Å². The number of amides is 1. The fourth-order valence-corrected chi connectivity index (χ4v) is 2.49. The molecule has 0 saturated heterocycles. The molecular weight excluding hydrogens is 330 g/mol. The van der Waals surface area contributed by atoms with Crippen LogP contribution in [0.25, 0.3) is 11.0 Å². The van der Waals surface area contributed by atoms with Crippen molar-refractivity contribution in [3.8, 4) is 0 Å². The molecule has 0 spiro atoms. The van der Waals surface area contributed by atoms with Gasteiger partial charge in [0.05, 0.1) is 31.7 Å². The van der Waals surface area contributed by atoms with Crippen molar-refractivity contribution in [2.24, 2.45) is 7.05 Å². The molecular formula is C16H19N3O6. The number of esters is 2. The zero-order chi connectivity index (χ0) is 18.6. The van der Waals surface area contributed by atoms with Gasteiger partial charge in [0.15, 0.2) is 0 Å². The zero-order valence-electron chi connectivity index (χ0n) is 14.1. The van der Waals surface area contributed by atoms with Gasteiger partial charge in [-0.25, -0.2) is 9.59 Å². The van der Waals surface area contributed by atoms with Gasteiger partial charge in [-0.3, -0.25) is 18.7 Å². The summed E-state index contributed by atoms with van der Waals surface area (Å²) in [6.45, 7) is -0.297. The van der Waals surface area contributed by atoms with Crippen molar-refractivity contribution in [3.63, 3.8) is 0 Å². The van der Waals surface area contributed by atoms with Crippen molar-refractivity contribution in [2.45, 2.75) is 19.0 Å². The Balaban J connectivity index is 2.21. The van der Waals surface area contributed by atoms with E-state index in [0.717, 1.165) is 7.11 Å². The average molecular weight is 349 g/mol. The maximum absolute atomic E-state index is 12.3. The van der Waals surface area contributed by atoms with E-state index in [9.17, 15) is 19.2 Å². The number of hydrogen-bond donors (Lipinski definition) is 1. The number of para-hydroxylation sites is 2. The van der Waals surface area contributed by atoms with Crippen LogP contribution in [0.4, 0.5) is 0 Å². The summed E-state index contributed by atoms with van der Waals surface area (Å²) in [5.41, 5.74) is 0.908. The van der Waals surface area contributed by atoms with E-state index in [0.29, 0.717) is 11.0 Å². The van der Waals surface area contributed by atoms with Crippen LogP contribution >= 0.6 is 0 Å². The molecule has 0 bridgehead atoms. The number of nitrogens with zero attached hydrogens (tertiary/aromatic N) is 2. The molecule has 0 saturated carbocycles. The third-order valence-electron chi connectivity index (χ3n) is 3.77. The first-order chi connectivity index (χ1) is 11.9. The monoisotopic (exact) mass is 349 g/mol. The van der Waals surface area contributed by atoms with Crippen LogP contribution in [0.1, 0.15) is 6.42 Å². The van der Waals surface area contributed by atoms with Crippen LogP contribution in [0.2, 0.25) is 0 Å². The molecule has 2 aromatic rings. The number of aryl methyl sites for hydroxylation is 1. The molecule has 1 aromatic carbocycles. The van der Waals surface area contributed by atoms with Gasteiger partial charge in [0.1, 0.15) is 12.6 Å². The Hall–Kier alpha value is -3.10. The van der Waals surface area contributed by atoms with E-state index in [2.05, 4.69) is 14.8 Å². The second-order valence-corrected chi connectivity index (χ2v) is 5.34. The van der Waals surface area contributed by atoms with E-state index < -0.39 is 23.9 Å². The number of benzene rings is 1. The minimum atomic E-state index is -1.18. The number of aromatic nitrogens is 2. The molecule has 0 radical (unpaired) electrons. The molecule has 134 valence electrons. The van der Waals surface area contributed by atoms with Crippen molar-refractivity contribution in [1.82, 2.24) is 14.5 Å². The number of carbonyl (C=O) groups is 3. The molecule has 0 unspecified atom stereocenters. The van der Waals surface area contributed by atoms with Gasteiger partial charge in [-0.2, -0.15) is 0 Å². The van der Waals surface area contributed by atoms with E-state index in [4.69, 9.17) is 0 Å². The minimum absolute atomic E-state index is 0.297. The Morgan fingerprint density at radius 3 is 2.36 bits per heavy atom. The number of ether oxygens (including phenoxy) is 2. The smallest absolute Gasteiger partial charge is 0.329 e. The standard InChI is InChI=1S/C16H19N3O6/c1-18-11-6-4-5-7-12(11)19(16(18)23)9-13(20)17-10(15(22)25-3)8-14(21)24-2/h4-7,10H,8-9H2,1-3H3,(H,17,20)/t10-/m1/s1. The van der Waals surface area contributed by atoms with Crippen molar-refractivity contribution in [2.75, 3.05) is 14.2 Å². The average Bonchev–Trinajstić information content (AvgIpc) is 2.85. The summed E-state index contributed by atoms with van der Waals surface area (Å²) in [6, 6.07) is 5.84. The summed E-state index contributed by atoms with van der Waals surface area (Å²) in [6.07, 6.45) is -0.362. The predicted octanol–water partition coefficient (Wildman–Crippen LogP) is -0.439. The summed E-state index contributed by atoms with van der Waals surface area (Å²) in [5, 5.41) is 2.40. The van der Waals surface area contributed by atoms with Gasteiger partial charge in [-0.15, -0.1) is 0 Å². The summed E-state index contributed by atoms with van der Waals surface area (Å²) in [5.74, 6) is -2.04. The van der Waals surface area contributed by atoms with Gasteiger partial charge < -0.3 is 14.8 Å². The van der Waals surface area contributed by atoms with Crippen LogP contribution in [0, 0.1) is 0 Å². The first-order valence-corrected chi connectivity index (χ1v) is 7.47. The number of imidazole rings is 1. The highest BCUT2D eigenvalue weighted by molar-refractivity contribution is 5.88. The second kappa shape index (κ2) is 7.65. The van der Waals surface area contributed by atoms with Crippen molar-refractivity contribution < 1.29 is 23.9 Å². The lowest BCUT2D eigenvalue weighted by atomic mass is 10.2. The van der Waals surface area contributed by atoms with Crippen LogP contribution < -0.4 is 11.0 Å². The lowest BCUT2D eigenvalue weighted by Crippen LogP contribution is -2.45. The largest absolute Gasteiger partial charge is 0.469 e. The van der Waals surface area contributed by atoms with Gasteiger partial charge in [0.2, 0.25) is 5.91 Å². The number of rotatable bonds is 6. The first-order valence-electron chi connectivity index (χ1n) is 7.47. The quantitative estimate of drug-likeness (QED) is 0.708. The van der Waals surface area contributed by atoms with Gasteiger partial charge in [-0.05, 0) is 12.1 Å². The Bertz CT molecular complexity index is 866. The molecule has 1 amide bonds. The minimum Gasteiger partial charge on any atom is -0.469 e. The van der Waals surface area contributed by atoms with Crippen LogP contribution in [0.3, 0.4) is 0 Å². The molecule has 9 nitrogen and oxygen atoms in total. The molecule has 25 heavy (non-hydrogen) atoms. The summed E-state index contributed by atoms with van der Waals surface area (Å²) in [4.78, 5) is 47.7. The number of carbonyl (C=O) groups excluding carboxylic acids is 3. The lowest BCUT2D eigenvalue weighted by molar-refractivity contribution is -0.150. The molecule has 1 atom stereocenters. The topological polar surface area (TPSA) is 109 Å². The van der Waals surface area contributed by atoms with E-state index in [1.54, 1.807) is 31.3 Å². The highest BCUT2D eigenvalue weighted by atomic mass is 16.5. The van der Waals surface area contributed by atoms with Crippen molar-refractivity contribution >= 4 is 28.9 Å². The van der Waals surface area contributed by atoms with Crippen LogP contribution in [-0.2, 0) is 37.4 Å². The van der Waals surface area contributed by atoms with E-state index in [-0.39, 0.29) is 18.7 Å². The van der Waals surface area contributed by atoms with Gasteiger partial charge >= 0.3 is 17.6 Å². The molecule has 0 aliphatic heterocycles. The third-order valence-corrected chi connectivity index (χ3v) is 3.77. The second-order valence-electron chi connectivity index (χ2n) is 5.34. The molecule has 1 N–H and O–H groups in total. The Morgan fingerprint density at radius 1 is 1.12 bits per heavy atom. The van der Waals surface area contributed by atoms with E-state index in [1.807, 2.05) is 0 Å². The summed E-state index contributed by atoms with van der Waals surface area (Å²) in [7, 11) is 3.93. The molecule has 0 aliphatic rings. The maximum Gasteiger partial charge on any atom is 0.329 e. The summed E-state index contributed by atoms with van der Waals surface area (Å²) >= 11 is 0. The van der Waals surface area contributed by atoms with Crippen molar-refractivity contribution in [3.05, 3.63) is 34.7 Å². The SMILES string of the molecule is COC(=O)C[C@@H](NC(=O)Cn1c(=O)n(C)c2ccccc21)C(=O)OC. The molecule has 0 fully saturated rings. The molecule has 1 aromatic heterocycles. The Morgan fingerprint density at radius 2 is 1.76 bits per heavy atom. The lowest BCUT2D eigenvalue weighted by Gasteiger charge is -2.15. The summed E-state index contributed by atoms with van der Waals surface area (Å²) < 4.78 is 11.8. The highest BCUT2D eigenvalue weighted by Crippen LogP contribution is 2.11. The normalized spacial score (nSPS) is 11.8. The molecule has 2 rings (SSSR count). The van der Waals surface area contributed by atoms with Gasteiger partial charge in [0, 0.05) is 7.05 Å². The van der Waals surface area contributed by atoms with Gasteiger partial charge in [0.25, 0.3) is 0 Å². The number of methoxy groups -OCH3 is 2. The van der Waals surface area contributed by atoms with Crippen LogP contribution in [0.15, 0.2) is 29.1 Å².